The molecular weight excluding hydrogens is 390 g/mol. The fraction of sp³-hybridized carbons (Fsp3) is 0.286. The van der Waals surface area contributed by atoms with E-state index in [0.717, 1.165) is 31.6 Å². The first-order valence-corrected chi connectivity index (χ1v) is 11.0. The van der Waals surface area contributed by atoms with Gasteiger partial charge in [-0.25, -0.2) is 4.98 Å². The summed E-state index contributed by atoms with van der Waals surface area (Å²) in [5.74, 6) is 0.857. The van der Waals surface area contributed by atoms with Crippen LogP contribution in [0.15, 0.2) is 53.4 Å². The molecule has 0 unspecified atom stereocenters. The summed E-state index contributed by atoms with van der Waals surface area (Å²) in [6.07, 6.45) is 0.439. The predicted octanol–water partition coefficient (Wildman–Crippen LogP) is 4.17. The molecule has 0 aliphatic carbocycles. The Morgan fingerprint density at radius 2 is 1.89 bits per heavy atom. The molecule has 1 aliphatic rings. The SMILES string of the molecule is CN(Cc1nc2ccccc2s1)C(=O)CCC(=O)N1CCSc2ccccc21. The van der Waals surface area contributed by atoms with E-state index in [4.69, 9.17) is 0 Å². The van der Waals surface area contributed by atoms with Crippen LogP contribution in [0.4, 0.5) is 5.69 Å². The van der Waals surface area contributed by atoms with Gasteiger partial charge in [0.25, 0.3) is 0 Å². The Kier molecular flexibility index (Phi) is 5.64. The zero-order chi connectivity index (χ0) is 19.5. The number of fused-ring (bicyclic) bond motifs is 2. The third-order valence-corrected chi connectivity index (χ3v) is 6.78. The average molecular weight is 412 g/mol. The fourth-order valence-corrected chi connectivity index (χ4v) is 5.26. The number of benzene rings is 2. The number of aromatic nitrogens is 1. The van der Waals surface area contributed by atoms with E-state index < -0.39 is 0 Å². The molecule has 0 fully saturated rings. The van der Waals surface area contributed by atoms with Crippen LogP contribution in [0.5, 0.6) is 0 Å². The number of amides is 2. The highest BCUT2D eigenvalue weighted by Gasteiger charge is 2.23. The smallest absolute Gasteiger partial charge is 0.227 e. The van der Waals surface area contributed by atoms with E-state index in [1.54, 1.807) is 35.0 Å². The summed E-state index contributed by atoms with van der Waals surface area (Å²) in [6.45, 7) is 1.16. The minimum absolute atomic E-state index is 0.00878. The van der Waals surface area contributed by atoms with Crippen molar-refractivity contribution in [2.24, 2.45) is 0 Å². The molecule has 2 amide bonds. The number of thioether (sulfide) groups is 1. The Morgan fingerprint density at radius 1 is 1.11 bits per heavy atom. The monoisotopic (exact) mass is 411 g/mol. The highest BCUT2D eigenvalue weighted by atomic mass is 32.2. The van der Waals surface area contributed by atoms with Gasteiger partial charge in [0.1, 0.15) is 5.01 Å². The number of carbonyl (C=O) groups excluding carboxylic acids is 2. The van der Waals surface area contributed by atoms with Crippen LogP contribution in [-0.4, -0.2) is 41.0 Å². The predicted molar refractivity (Wildman–Crippen MR) is 115 cm³/mol. The van der Waals surface area contributed by atoms with Crippen molar-refractivity contribution in [1.82, 2.24) is 9.88 Å². The topological polar surface area (TPSA) is 53.5 Å². The summed E-state index contributed by atoms with van der Waals surface area (Å²) >= 11 is 3.37. The van der Waals surface area contributed by atoms with E-state index >= 15 is 0 Å². The molecule has 7 heteroatoms. The van der Waals surface area contributed by atoms with E-state index in [1.807, 2.05) is 53.4 Å². The van der Waals surface area contributed by atoms with Crippen LogP contribution < -0.4 is 4.90 Å². The molecule has 3 aromatic rings. The Hall–Kier alpha value is -2.38. The maximum absolute atomic E-state index is 12.7. The third kappa shape index (κ3) is 4.05. The Bertz CT molecular complexity index is 985. The molecule has 1 aromatic heterocycles. The second-order valence-corrected chi connectivity index (χ2v) is 8.94. The highest BCUT2D eigenvalue weighted by molar-refractivity contribution is 7.99. The van der Waals surface area contributed by atoms with Crippen molar-refractivity contribution in [3.63, 3.8) is 0 Å². The Morgan fingerprint density at radius 3 is 2.75 bits per heavy atom. The molecule has 0 spiro atoms. The number of carbonyl (C=O) groups is 2. The molecule has 1 aliphatic heterocycles. The average Bonchev–Trinajstić information content (AvgIpc) is 3.13. The van der Waals surface area contributed by atoms with E-state index in [-0.39, 0.29) is 24.7 Å². The third-order valence-electron chi connectivity index (χ3n) is 4.72. The van der Waals surface area contributed by atoms with Crippen molar-refractivity contribution in [3.8, 4) is 0 Å². The van der Waals surface area contributed by atoms with Crippen LogP contribution >= 0.6 is 23.1 Å². The first-order chi connectivity index (χ1) is 13.6. The molecule has 144 valence electrons. The summed E-state index contributed by atoms with van der Waals surface area (Å²) in [7, 11) is 1.77. The van der Waals surface area contributed by atoms with Crippen molar-refractivity contribution in [3.05, 3.63) is 53.5 Å². The van der Waals surface area contributed by atoms with Crippen LogP contribution in [0.1, 0.15) is 17.8 Å². The minimum atomic E-state index is -0.0349. The van der Waals surface area contributed by atoms with Gasteiger partial charge in [0.2, 0.25) is 11.8 Å². The van der Waals surface area contributed by atoms with Crippen molar-refractivity contribution < 1.29 is 9.59 Å². The van der Waals surface area contributed by atoms with Crippen LogP contribution in [0.25, 0.3) is 10.2 Å². The minimum Gasteiger partial charge on any atom is -0.339 e. The molecule has 0 saturated heterocycles. The summed E-state index contributed by atoms with van der Waals surface area (Å²) < 4.78 is 1.12. The molecule has 0 radical (unpaired) electrons. The molecule has 0 atom stereocenters. The number of hydrogen-bond acceptors (Lipinski definition) is 5. The van der Waals surface area contributed by atoms with Gasteiger partial charge in [-0.05, 0) is 24.3 Å². The Labute approximate surface area is 172 Å². The number of thiazole rings is 1. The van der Waals surface area contributed by atoms with Gasteiger partial charge in [-0.15, -0.1) is 23.1 Å². The lowest BCUT2D eigenvalue weighted by atomic mass is 10.2. The van der Waals surface area contributed by atoms with Gasteiger partial charge in [-0.1, -0.05) is 24.3 Å². The molecule has 0 N–H and O–H groups in total. The van der Waals surface area contributed by atoms with Gasteiger partial charge >= 0.3 is 0 Å². The highest BCUT2D eigenvalue weighted by Crippen LogP contribution is 2.34. The maximum Gasteiger partial charge on any atom is 0.227 e. The van der Waals surface area contributed by atoms with Gasteiger partial charge in [0.05, 0.1) is 22.4 Å². The second kappa shape index (κ2) is 8.32. The number of hydrogen-bond donors (Lipinski definition) is 0. The van der Waals surface area contributed by atoms with Gasteiger partial charge in [0, 0.05) is 37.1 Å². The van der Waals surface area contributed by atoms with Crippen molar-refractivity contribution in [2.45, 2.75) is 24.3 Å². The van der Waals surface area contributed by atoms with Crippen LogP contribution in [0.2, 0.25) is 0 Å². The largest absolute Gasteiger partial charge is 0.339 e. The molecule has 2 aromatic carbocycles. The van der Waals surface area contributed by atoms with E-state index in [0.29, 0.717) is 13.1 Å². The first kappa shape index (κ1) is 19.0. The summed E-state index contributed by atoms with van der Waals surface area (Å²) in [5, 5.41) is 0.908. The van der Waals surface area contributed by atoms with Gasteiger partial charge in [-0.3, -0.25) is 9.59 Å². The van der Waals surface area contributed by atoms with Crippen molar-refractivity contribution in [1.29, 1.82) is 0 Å². The number of rotatable bonds is 5. The van der Waals surface area contributed by atoms with Crippen LogP contribution in [-0.2, 0) is 16.1 Å². The molecule has 28 heavy (non-hydrogen) atoms. The van der Waals surface area contributed by atoms with E-state index in [9.17, 15) is 9.59 Å². The molecular formula is C21H21N3O2S2. The van der Waals surface area contributed by atoms with Crippen molar-refractivity contribution >= 4 is 50.8 Å². The quantitative estimate of drug-likeness (QED) is 0.632. The molecule has 4 rings (SSSR count). The summed E-state index contributed by atoms with van der Waals surface area (Å²) in [6, 6.07) is 15.9. The van der Waals surface area contributed by atoms with E-state index in [1.165, 1.54) is 0 Å². The van der Waals surface area contributed by atoms with Gasteiger partial charge < -0.3 is 9.80 Å². The lowest BCUT2D eigenvalue weighted by molar-refractivity contribution is -0.132. The zero-order valence-electron chi connectivity index (χ0n) is 15.6. The molecule has 0 saturated carbocycles. The fourth-order valence-electron chi connectivity index (χ4n) is 3.25. The van der Waals surface area contributed by atoms with Gasteiger partial charge in [0.15, 0.2) is 0 Å². The first-order valence-electron chi connectivity index (χ1n) is 9.22. The van der Waals surface area contributed by atoms with Crippen LogP contribution in [0.3, 0.4) is 0 Å². The van der Waals surface area contributed by atoms with E-state index in [2.05, 4.69) is 4.98 Å². The number of para-hydroxylation sites is 2. The lowest BCUT2D eigenvalue weighted by Crippen LogP contribution is -2.36. The lowest BCUT2D eigenvalue weighted by Gasteiger charge is -2.29. The number of nitrogens with zero attached hydrogens (tertiary/aromatic N) is 3. The zero-order valence-corrected chi connectivity index (χ0v) is 17.3. The maximum atomic E-state index is 12.7. The number of anilines is 1. The normalized spacial score (nSPS) is 13.4. The summed E-state index contributed by atoms with van der Waals surface area (Å²) in [4.78, 5) is 34.4. The second-order valence-electron chi connectivity index (χ2n) is 6.69. The van der Waals surface area contributed by atoms with Crippen molar-refractivity contribution in [2.75, 3.05) is 24.2 Å². The Balaban J connectivity index is 1.34. The summed E-state index contributed by atoms with van der Waals surface area (Å²) in [5.41, 5.74) is 1.92. The molecule has 2 heterocycles. The van der Waals surface area contributed by atoms with Crippen LogP contribution in [0, 0.1) is 0 Å². The molecule has 5 nitrogen and oxygen atoms in total. The van der Waals surface area contributed by atoms with Gasteiger partial charge in [-0.2, -0.15) is 0 Å². The standard InChI is InChI=1S/C21H21N3O2S2/c1-23(14-19-22-15-6-2-4-8-17(15)28-19)20(25)10-11-21(26)24-12-13-27-18-9-5-3-7-16(18)24/h2-9H,10-14H2,1H3. The molecule has 0 bridgehead atoms.